The van der Waals surface area contributed by atoms with Gasteiger partial charge in [0, 0.05) is 11.3 Å². The molecule has 0 aliphatic rings. The molecule has 0 saturated heterocycles. The predicted molar refractivity (Wildman–Crippen MR) is 85.5 cm³/mol. The van der Waals surface area contributed by atoms with Crippen molar-refractivity contribution < 1.29 is 4.39 Å². The highest BCUT2D eigenvalue weighted by molar-refractivity contribution is 5.76. The third-order valence-corrected chi connectivity index (χ3v) is 3.78. The van der Waals surface area contributed by atoms with Crippen molar-refractivity contribution in [3.05, 3.63) is 35.8 Å². The van der Waals surface area contributed by atoms with Crippen LogP contribution in [0, 0.1) is 5.82 Å². The van der Waals surface area contributed by atoms with Crippen LogP contribution in [0.3, 0.4) is 0 Å². The summed E-state index contributed by atoms with van der Waals surface area (Å²) < 4.78 is 13.0. The summed E-state index contributed by atoms with van der Waals surface area (Å²) in [4.78, 5) is 0. The maximum atomic E-state index is 13.0. The molecule has 0 amide bonds. The number of unbranched alkanes of at least 4 members (excludes halogenated alkanes) is 5. The number of aromatic amines is 1. The Kier molecular flexibility index (Phi) is 5.78. The lowest BCUT2D eigenvalue weighted by atomic mass is 10.0. The summed E-state index contributed by atoms with van der Waals surface area (Å²) >= 11 is 0. The SMILES string of the molecule is CCCCCCCCc1[nH]nc(N)c1-c1ccc(F)cc1. The average Bonchev–Trinajstić information content (AvgIpc) is 2.85. The molecule has 1 heterocycles. The molecule has 0 radical (unpaired) electrons. The van der Waals surface area contributed by atoms with E-state index in [0.717, 1.165) is 29.7 Å². The molecule has 0 aliphatic heterocycles. The first-order valence-corrected chi connectivity index (χ1v) is 7.81. The van der Waals surface area contributed by atoms with E-state index in [2.05, 4.69) is 17.1 Å². The number of aryl methyl sites for hydroxylation is 1. The van der Waals surface area contributed by atoms with Crippen LogP contribution in [-0.2, 0) is 6.42 Å². The highest BCUT2D eigenvalue weighted by Crippen LogP contribution is 2.29. The number of anilines is 1. The quantitative estimate of drug-likeness (QED) is 0.692. The summed E-state index contributed by atoms with van der Waals surface area (Å²) in [6.45, 7) is 2.22. The van der Waals surface area contributed by atoms with Gasteiger partial charge in [-0.3, -0.25) is 5.10 Å². The fraction of sp³-hybridized carbons (Fsp3) is 0.471. The number of benzene rings is 1. The van der Waals surface area contributed by atoms with Crippen LogP contribution in [0.2, 0.25) is 0 Å². The highest BCUT2D eigenvalue weighted by atomic mass is 19.1. The van der Waals surface area contributed by atoms with E-state index in [0.29, 0.717) is 5.82 Å². The summed E-state index contributed by atoms with van der Waals surface area (Å²) in [7, 11) is 0. The van der Waals surface area contributed by atoms with Crippen LogP contribution in [0.4, 0.5) is 10.2 Å². The normalized spacial score (nSPS) is 11.0. The maximum absolute atomic E-state index is 13.0. The van der Waals surface area contributed by atoms with E-state index in [1.807, 2.05) is 0 Å². The topological polar surface area (TPSA) is 54.7 Å². The van der Waals surface area contributed by atoms with E-state index >= 15 is 0 Å². The van der Waals surface area contributed by atoms with Crippen molar-refractivity contribution in [2.45, 2.75) is 51.9 Å². The number of aromatic nitrogens is 2. The van der Waals surface area contributed by atoms with Gasteiger partial charge in [0.05, 0.1) is 0 Å². The van der Waals surface area contributed by atoms with Gasteiger partial charge >= 0.3 is 0 Å². The van der Waals surface area contributed by atoms with E-state index in [-0.39, 0.29) is 5.82 Å². The van der Waals surface area contributed by atoms with Crippen molar-refractivity contribution in [2.75, 3.05) is 5.73 Å². The summed E-state index contributed by atoms with van der Waals surface area (Å²) in [5.74, 6) is 0.251. The van der Waals surface area contributed by atoms with Crippen molar-refractivity contribution in [1.82, 2.24) is 10.2 Å². The highest BCUT2D eigenvalue weighted by Gasteiger charge is 2.12. The predicted octanol–water partition coefficient (Wildman–Crippen LogP) is 4.70. The van der Waals surface area contributed by atoms with Crippen LogP contribution in [-0.4, -0.2) is 10.2 Å². The molecule has 2 rings (SSSR count). The standard InChI is InChI=1S/C17H24FN3/c1-2-3-4-5-6-7-8-15-16(17(19)21-20-15)13-9-11-14(18)12-10-13/h9-12H,2-8H2,1H3,(H3,19,20,21). The van der Waals surface area contributed by atoms with Crippen molar-refractivity contribution in [3.63, 3.8) is 0 Å². The number of halogens is 1. The van der Waals surface area contributed by atoms with Gasteiger partial charge in [0.25, 0.3) is 0 Å². The molecule has 0 atom stereocenters. The van der Waals surface area contributed by atoms with Gasteiger partial charge in [-0.2, -0.15) is 5.10 Å². The van der Waals surface area contributed by atoms with Gasteiger partial charge < -0.3 is 5.73 Å². The van der Waals surface area contributed by atoms with Gasteiger partial charge in [0.15, 0.2) is 5.82 Å². The number of nitrogen functional groups attached to an aromatic ring is 1. The van der Waals surface area contributed by atoms with Crippen molar-refractivity contribution >= 4 is 5.82 Å². The fourth-order valence-electron chi connectivity index (χ4n) is 2.60. The molecule has 0 aliphatic carbocycles. The molecular weight excluding hydrogens is 265 g/mol. The minimum Gasteiger partial charge on any atom is -0.382 e. The Balaban J connectivity index is 1.96. The second-order valence-corrected chi connectivity index (χ2v) is 5.49. The molecule has 1 aromatic carbocycles. The minimum atomic E-state index is -0.238. The summed E-state index contributed by atoms with van der Waals surface area (Å²) in [5.41, 5.74) is 8.84. The van der Waals surface area contributed by atoms with Gasteiger partial charge in [-0.05, 0) is 30.5 Å². The molecule has 0 saturated carbocycles. The van der Waals surface area contributed by atoms with Crippen molar-refractivity contribution in [2.24, 2.45) is 0 Å². The summed E-state index contributed by atoms with van der Waals surface area (Å²) in [5, 5.41) is 7.12. The second-order valence-electron chi connectivity index (χ2n) is 5.49. The first-order chi connectivity index (χ1) is 10.2. The van der Waals surface area contributed by atoms with E-state index in [9.17, 15) is 4.39 Å². The molecule has 0 spiro atoms. The van der Waals surface area contributed by atoms with E-state index in [4.69, 9.17) is 5.73 Å². The molecule has 1 aromatic heterocycles. The van der Waals surface area contributed by atoms with E-state index in [1.165, 1.54) is 44.2 Å². The zero-order chi connectivity index (χ0) is 15.1. The lowest BCUT2D eigenvalue weighted by Gasteiger charge is -2.05. The van der Waals surface area contributed by atoms with Crippen LogP contribution in [0.5, 0.6) is 0 Å². The Labute approximate surface area is 125 Å². The van der Waals surface area contributed by atoms with Crippen molar-refractivity contribution in [3.8, 4) is 11.1 Å². The number of hydrogen-bond donors (Lipinski definition) is 2. The van der Waals surface area contributed by atoms with Gasteiger partial charge in [0.2, 0.25) is 0 Å². The van der Waals surface area contributed by atoms with Crippen LogP contribution in [0.1, 0.15) is 51.1 Å². The zero-order valence-corrected chi connectivity index (χ0v) is 12.7. The van der Waals surface area contributed by atoms with Gasteiger partial charge in [-0.25, -0.2) is 4.39 Å². The third kappa shape index (κ3) is 4.31. The number of nitrogens with two attached hydrogens (primary N) is 1. The smallest absolute Gasteiger partial charge is 0.153 e. The maximum Gasteiger partial charge on any atom is 0.153 e. The molecule has 0 fully saturated rings. The zero-order valence-electron chi connectivity index (χ0n) is 12.7. The Hall–Kier alpha value is -1.84. The third-order valence-electron chi connectivity index (χ3n) is 3.78. The average molecular weight is 289 g/mol. The first kappa shape index (κ1) is 15.5. The molecule has 3 N–H and O–H groups in total. The second kappa shape index (κ2) is 7.81. The molecule has 0 bridgehead atoms. The van der Waals surface area contributed by atoms with Gasteiger partial charge in [-0.15, -0.1) is 0 Å². The lowest BCUT2D eigenvalue weighted by molar-refractivity contribution is 0.604. The number of H-pyrrole nitrogens is 1. The first-order valence-electron chi connectivity index (χ1n) is 7.81. The number of nitrogens with zero attached hydrogens (tertiary/aromatic N) is 1. The largest absolute Gasteiger partial charge is 0.382 e. The van der Waals surface area contributed by atoms with Crippen LogP contribution < -0.4 is 5.73 Å². The molecule has 114 valence electrons. The van der Waals surface area contributed by atoms with Crippen LogP contribution in [0.25, 0.3) is 11.1 Å². The number of rotatable bonds is 8. The number of nitrogens with one attached hydrogen (secondary N) is 1. The molecular formula is C17H24FN3. The van der Waals surface area contributed by atoms with E-state index in [1.54, 1.807) is 12.1 Å². The van der Waals surface area contributed by atoms with E-state index < -0.39 is 0 Å². The molecule has 2 aromatic rings. The Morgan fingerprint density at radius 1 is 1.05 bits per heavy atom. The number of hydrogen-bond acceptors (Lipinski definition) is 2. The fourth-order valence-corrected chi connectivity index (χ4v) is 2.60. The molecule has 21 heavy (non-hydrogen) atoms. The van der Waals surface area contributed by atoms with Crippen molar-refractivity contribution in [1.29, 1.82) is 0 Å². The molecule has 4 heteroatoms. The monoisotopic (exact) mass is 289 g/mol. The molecule has 0 unspecified atom stereocenters. The van der Waals surface area contributed by atoms with Crippen LogP contribution in [0.15, 0.2) is 24.3 Å². The Bertz CT molecular complexity index is 546. The van der Waals surface area contributed by atoms with Gasteiger partial charge in [-0.1, -0.05) is 51.2 Å². The van der Waals surface area contributed by atoms with Crippen LogP contribution >= 0.6 is 0 Å². The lowest BCUT2D eigenvalue weighted by Crippen LogP contribution is -1.92. The molecule has 3 nitrogen and oxygen atoms in total. The Morgan fingerprint density at radius 3 is 2.43 bits per heavy atom. The minimum absolute atomic E-state index is 0.238. The summed E-state index contributed by atoms with van der Waals surface area (Å²) in [6, 6.07) is 6.41. The summed E-state index contributed by atoms with van der Waals surface area (Å²) in [6.07, 6.45) is 8.46. The Morgan fingerprint density at radius 2 is 1.71 bits per heavy atom. The van der Waals surface area contributed by atoms with Gasteiger partial charge in [0.1, 0.15) is 5.82 Å².